The standard InChI is InChI=1S/C20H19BrN2O5/c21-16-6-7-17(28-13-19(25)26)15(10-16)11-22-12-18(24)23(20(22)27)9-8-14-4-2-1-3-5-14/h1-7,10,12,24H,8-9,11,13H2,(H,25,26). The molecule has 146 valence electrons. The minimum absolute atomic E-state index is 0.121. The van der Waals surface area contributed by atoms with Crippen LogP contribution in [0.15, 0.2) is 64.0 Å². The third-order valence-electron chi connectivity index (χ3n) is 4.21. The molecule has 1 aromatic heterocycles. The zero-order valence-electron chi connectivity index (χ0n) is 14.9. The zero-order valence-corrected chi connectivity index (χ0v) is 16.5. The summed E-state index contributed by atoms with van der Waals surface area (Å²) < 4.78 is 8.75. The molecule has 2 N–H and O–H groups in total. The van der Waals surface area contributed by atoms with Crippen molar-refractivity contribution in [2.75, 3.05) is 6.61 Å². The van der Waals surface area contributed by atoms with Crippen molar-refractivity contribution in [3.8, 4) is 11.6 Å². The fourth-order valence-electron chi connectivity index (χ4n) is 2.86. The number of aromatic hydroxyl groups is 1. The quantitative estimate of drug-likeness (QED) is 0.554. The van der Waals surface area contributed by atoms with E-state index in [1.165, 1.54) is 15.3 Å². The van der Waals surface area contributed by atoms with Gasteiger partial charge < -0.3 is 14.9 Å². The normalized spacial score (nSPS) is 10.8. The van der Waals surface area contributed by atoms with Crippen molar-refractivity contribution in [2.45, 2.75) is 19.5 Å². The van der Waals surface area contributed by atoms with Crippen LogP contribution in [0.2, 0.25) is 0 Å². The van der Waals surface area contributed by atoms with Gasteiger partial charge in [0.2, 0.25) is 5.88 Å². The molecule has 0 spiro atoms. The lowest BCUT2D eigenvalue weighted by Gasteiger charge is -2.11. The molecule has 1 heterocycles. The number of rotatable bonds is 8. The highest BCUT2D eigenvalue weighted by Gasteiger charge is 2.14. The van der Waals surface area contributed by atoms with Crippen molar-refractivity contribution in [1.29, 1.82) is 0 Å². The molecule has 0 radical (unpaired) electrons. The average molecular weight is 447 g/mol. The lowest BCUT2D eigenvalue weighted by molar-refractivity contribution is -0.139. The monoisotopic (exact) mass is 446 g/mol. The Hall–Kier alpha value is -3.00. The molecule has 0 bridgehead atoms. The van der Waals surface area contributed by atoms with E-state index in [1.54, 1.807) is 18.2 Å². The first-order valence-corrected chi connectivity index (χ1v) is 9.39. The number of halogens is 1. The van der Waals surface area contributed by atoms with Crippen molar-refractivity contribution in [2.24, 2.45) is 0 Å². The summed E-state index contributed by atoms with van der Waals surface area (Å²) >= 11 is 3.36. The smallest absolute Gasteiger partial charge is 0.341 e. The minimum atomic E-state index is -1.09. The van der Waals surface area contributed by atoms with Gasteiger partial charge in [-0.1, -0.05) is 46.3 Å². The second-order valence-electron chi connectivity index (χ2n) is 6.22. The first kappa shape index (κ1) is 19.8. The second kappa shape index (κ2) is 8.79. The molecule has 28 heavy (non-hydrogen) atoms. The summed E-state index contributed by atoms with van der Waals surface area (Å²) in [6, 6.07) is 14.8. The van der Waals surface area contributed by atoms with Gasteiger partial charge in [0.25, 0.3) is 0 Å². The highest BCUT2D eigenvalue weighted by atomic mass is 79.9. The van der Waals surface area contributed by atoms with Crippen LogP contribution < -0.4 is 10.4 Å². The van der Waals surface area contributed by atoms with Gasteiger partial charge in [-0.25, -0.2) is 9.59 Å². The highest BCUT2D eigenvalue weighted by molar-refractivity contribution is 9.10. The molecule has 0 aliphatic rings. The third-order valence-corrected chi connectivity index (χ3v) is 4.70. The predicted octanol–water partition coefficient (Wildman–Crippen LogP) is 2.87. The molecule has 0 aliphatic carbocycles. The maximum Gasteiger partial charge on any atom is 0.341 e. The van der Waals surface area contributed by atoms with E-state index >= 15 is 0 Å². The average Bonchev–Trinajstić information content (AvgIpc) is 2.93. The van der Waals surface area contributed by atoms with Crippen LogP contribution in [0.4, 0.5) is 0 Å². The highest BCUT2D eigenvalue weighted by Crippen LogP contribution is 2.24. The van der Waals surface area contributed by atoms with Gasteiger partial charge in [-0.2, -0.15) is 0 Å². The predicted molar refractivity (Wildman–Crippen MR) is 107 cm³/mol. The second-order valence-corrected chi connectivity index (χ2v) is 7.14. The Kier molecular flexibility index (Phi) is 6.20. The fraction of sp³-hybridized carbons (Fsp3) is 0.200. The molecule has 0 fully saturated rings. The molecule has 7 nitrogen and oxygen atoms in total. The molecular formula is C20H19BrN2O5. The number of aliphatic carboxylic acids is 1. The number of benzene rings is 2. The van der Waals surface area contributed by atoms with E-state index < -0.39 is 12.6 Å². The molecule has 8 heteroatoms. The van der Waals surface area contributed by atoms with Crippen LogP contribution in [0.25, 0.3) is 0 Å². The Morgan fingerprint density at radius 2 is 1.89 bits per heavy atom. The Morgan fingerprint density at radius 1 is 1.14 bits per heavy atom. The maximum absolute atomic E-state index is 12.7. The van der Waals surface area contributed by atoms with Gasteiger partial charge in [0.05, 0.1) is 12.7 Å². The Bertz CT molecular complexity index is 1030. The molecule has 0 unspecified atom stereocenters. The van der Waals surface area contributed by atoms with E-state index in [1.807, 2.05) is 30.3 Å². The fourth-order valence-corrected chi connectivity index (χ4v) is 3.27. The third kappa shape index (κ3) is 4.83. The summed E-state index contributed by atoms with van der Waals surface area (Å²) in [5.41, 5.74) is 1.34. The van der Waals surface area contributed by atoms with Crippen LogP contribution in [-0.4, -0.2) is 31.9 Å². The van der Waals surface area contributed by atoms with E-state index in [2.05, 4.69) is 15.9 Å². The van der Waals surface area contributed by atoms with E-state index in [4.69, 9.17) is 9.84 Å². The number of carbonyl (C=O) groups is 1. The lowest BCUT2D eigenvalue weighted by atomic mass is 10.1. The Balaban J connectivity index is 1.81. The number of carboxylic acids is 1. The number of nitrogens with zero attached hydrogens (tertiary/aromatic N) is 2. The summed E-state index contributed by atoms with van der Waals surface area (Å²) in [5.74, 6) is -0.839. The van der Waals surface area contributed by atoms with Crippen molar-refractivity contribution < 1.29 is 19.7 Å². The van der Waals surface area contributed by atoms with Crippen molar-refractivity contribution in [3.63, 3.8) is 0 Å². The molecule has 0 atom stereocenters. The Labute approximate surface area is 169 Å². The van der Waals surface area contributed by atoms with Crippen molar-refractivity contribution in [1.82, 2.24) is 9.13 Å². The van der Waals surface area contributed by atoms with Gasteiger partial charge >= 0.3 is 11.7 Å². The minimum Gasteiger partial charge on any atom is -0.493 e. The number of imidazole rings is 1. The maximum atomic E-state index is 12.7. The Morgan fingerprint density at radius 3 is 2.61 bits per heavy atom. The topological polar surface area (TPSA) is 93.7 Å². The van der Waals surface area contributed by atoms with Crippen LogP contribution >= 0.6 is 15.9 Å². The number of aromatic nitrogens is 2. The summed E-state index contributed by atoms with van der Waals surface area (Å²) in [6.07, 6.45) is 1.98. The van der Waals surface area contributed by atoms with Crippen LogP contribution in [0, 0.1) is 0 Å². The number of hydrogen-bond acceptors (Lipinski definition) is 4. The lowest BCUT2D eigenvalue weighted by Crippen LogP contribution is -2.25. The van der Waals surface area contributed by atoms with Crippen LogP contribution in [0.3, 0.4) is 0 Å². The van der Waals surface area contributed by atoms with Crippen molar-refractivity contribution >= 4 is 21.9 Å². The summed E-state index contributed by atoms with van der Waals surface area (Å²) in [5, 5.41) is 19.0. The molecule has 2 aromatic carbocycles. The zero-order chi connectivity index (χ0) is 20.1. The summed E-state index contributed by atoms with van der Waals surface area (Å²) in [4.78, 5) is 23.5. The van der Waals surface area contributed by atoms with Gasteiger partial charge in [-0.3, -0.25) is 9.13 Å². The van der Waals surface area contributed by atoms with Gasteiger partial charge in [0.1, 0.15) is 5.75 Å². The van der Waals surface area contributed by atoms with Gasteiger partial charge in [0.15, 0.2) is 6.61 Å². The number of carboxylic acid groups (broad SMARTS) is 1. The van der Waals surface area contributed by atoms with Gasteiger partial charge in [0, 0.05) is 16.6 Å². The van der Waals surface area contributed by atoms with E-state index in [-0.39, 0.29) is 18.1 Å². The molecule has 3 rings (SSSR count). The van der Waals surface area contributed by atoms with E-state index in [0.29, 0.717) is 24.3 Å². The molecule has 0 saturated carbocycles. The first-order valence-electron chi connectivity index (χ1n) is 8.60. The van der Waals surface area contributed by atoms with Gasteiger partial charge in [-0.15, -0.1) is 0 Å². The van der Waals surface area contributed by atoms with Gasteiger partial charge in [-0.05, 0) is 30.2 Å². The molecular weight excluding hydrogens is 428 g/mol. The summed E-state index contributed by atoms with van der Waals surface area (Å²) in [6.45, 7) is 0.00846. The van der Waals surface area contributed by atoms with Crippen LogP contribution in [-0.2, 0) is 24.3 Å². The first-order chi connectivity index (χ1) is 13.4. The van der Waals surface area contributed by atoms with Crippen LogP contribution in [0.5, 0.6) is 11.6 Å². The number of hydrogen-bond donors (Lipinski definition) is 2. The SMILES string of the molecule is O=C(O)COc1ccc(Br)cc1Cn1cc(O)n(CCc2ccccc2)c1=O. The molecule has 0 aliphatic heterocycles. The molecule has 0 saturated heterocycles. The largest absolute Gasteiger partial charge is 0.493 e. The number of aryl methyl sites for hydroxylation is 1. The number of ether oxygens (including phenoxy) is 1. The molecule has 3 aromatic rings. The summed E-state index contributed by atoms with van der Waals surface area (Å²) in [7, 11) is 0. The molecule has 0 amide bonds. The van der Waals surface area contributed by atoms with Crippen molar-refractivity contribution in [3.05, 3.63) is 80.8 Å². The van der Waals surface area contributed by atoms with E-state index in [9.17, 15) is 14.7 Å². The van der Waals surface area contributed by atoms with E-state index in [0.717, 1.165) is 10.0 Å². The van der Waals surface area contributed by atoms with Crippen LogP contribution in [0.1, 0.15) is 11.1 Å².